The molecule has 0 radical (unpaired) electrons. The van der Waals surface area contributed by atoms with Crippen LogP contribution in [0.25, 0.3) is 21.5 Å². The highest BCUT2D eigenvalue weighted by Crippen LogP contribution is 2.27. The second-order valence-electron chi connectivity index (χ2n) is 6.91. The van der Waals surface area contributed by atoms with Crippen LogP contribution in [0.5, 0.6) is 0 Å². The second kappa shape index (κ2) is 9.59. The number of benzene rings is 2. The normalized spacial score (nSPS) is 10.9. The summed E-state index contributed by atoms with van der Waals surface area (Å²) in [5.41, 5.74) is 5.17. The molecule has 0 unspecified atom stereocenters. The third kappa shape index (κ3) is 5.49. The summed E-state index contributed by atoms with van der Waals surface area (Å²) in [7, 11) is 0. The standard InChI is InChI=1S/C22H20N4O2S3/c1-13-7-8-15(9-14(13)2)17-10-30-21(24-17)25-19(27)11-29-12-20(28)26-22-23-16-5-3-4-6-18(16)31-22/h3-10H,11-12H2,1-2H3,(H,23,26,28)(H,24,25,27). The molecule has 2 heterocycles. The van der Waals surface area contributed by atoms with Gasteiger partial charge in [0.25, 0.3) is 0 Å². The lowest BCUT2D eigenvalue weighted by Gasteiger charge is -2.03. The van der Waals surface area contributed by atoms with Crippen LogP contribution < -0.4 is 10.6 Å². The molecule has 2 amide bonds. The first-order chi connectivity index (χ1) is 15.0. The molecule has 0 atom stereocenters. The highest BCUT2D eigenvalue weighted by Gasteiger charge is 2.11. The zero-order valence-corrected chi connectivity index (χ0v) is 19.4. The molecule has 158 valence electrons. The van der Waals surface area contributed by atoms with E-state index in [1.807, 2.05) is 35.7 Å². The Bertz CT molecular complexity index is 1220. The molecule has 0 saturated carbocycles. The van der Waals surface area contributed by atoms with Crippen molar-refractivity contribution in [3.63, 3.8) is 0 Å². The summed E-state index contributed by atoms with van der Waals surface area (Å²) in [4.78, 5) is 33.2. The summed E-state index contributed by atoms with van der Waals surface area (Å²) in [5.74, 6) is -0.0112. The maximum absolute atomic E-state index is 12.2. The Balaban J connectivity index is 1.24. The van der Waals surface area contributed by atoms with Gasteiger partial charge in [0, 0.05) is 10.9 Å². The van der Waals surface area contributed by atoms with Crippen LogP contribution in [-0.4, -0.2) is 33.3 Å². The van der Waals surface area contributed by atoms with E-state index in [9.17, 15) is 9.59 Å². The van der Waals surface area contributed by atoms with Gasteiger partial charge in [0.15, 0.2) is 10.3 Å². The number of nitrogens with zero attached hydrogens (tertiary/aromatic N) is 2. The minimum Gasteiger partial charge on any atom is -0.301 e. The number of aromatic nitrogens is 2. The van der Waals surface area contributed by atoms with Crippen molar-refractivity contribution in [2.75, 3.05) is 22.1 Å². The van der Waals surface area contributed by atoms with Gasteiger partial charge >= 0.3 is 0 Å². The summed E-state index contributed by atoms with van der Waals surface area (Å²) in [6, 6.07) is 13.9. The molecule has 4 rings (SSSR count). The number of carbonyl (C=O) groups excluding carboxylic acids is 2. The summed E-state index contributed by atoms with van der Waals surface area (Å²) in [6.07, 6.45) is 0. The van der Waals surface area contributed by atoms with E-state index in [1.165, 1.54) is 45.6 Å². The summed E-state index contributed by atoms with van der Waals surface area (Å²) in [5, 5.41) is 8.65. The quantitative estimate of drug-likeness (QED) is 0.382. The fourth-order valence-corrected chi connectivity index (χ4v) is 5.07. The number of hydrogen-bond donors (Lipinski definition) is 2. The fourth-order valence-electron chi connectivity index (χ4n) is 2.84. The van der Waals surface area contributed by atoms with Crippen molar-refractivity contribution in [1.82, 2.24) is 9.97 Å². The number of fused-ring (bicyclic) bond motifs is 1. The van der Waals surface area contributed by atoms with E-state index in [0.29, 0.717) is 10.3 Å². The van der Waals surface area contributed by atoms with Crippen LogP contribution in [0, 0.1) is 13.8 Å². The lowest BCUT2D eigenvalue weighted by atomic mass is 10.1. The van der Waals surface area contributed by atoms with Crippen molar-refractivity contribution in [2.45, 2.75) is 13.8 Å². The predicted octanol–water partition coefficient (Wildman–Crippen LogP) is 5.35. The summed E-state index contributed by atoms with van der Waals surface area (Å²) >= 11 is 4.07. The lowest BCUT2D eigenvalue weighted by molar-refractivity contribution is -0.114. The smallest absolute Gasteiger partial charge is 0.236 e. The third-order valence-corrected chi connectivity index (χ3v) is 7.20. The predicted molar refractivity (Wildman–Crippen MR) is 131 cm³/mol. The molecule has 2 aromatic carbocycles. The van der Waals surface area contributed by atoms with Crippen LogP contribution >= 0.6 is 34.4 Å². The number of aryl methyl sites for hydroxylation is 2. The Kier molecular flexibility index (Phi) is 6.64. The molecule has 0 aliphatic carbocycles. The summed E-state index contributed by atoms with van der Waals surface area (Å²) in [6.45, 7) is 4.14. The van der Waals surface area contributed by atoms with Crippen LogP contribution in [0.2, 0.25) is 0 Å². The van der Waals surface area contributed by atoms with E-state index in [0.717, 1.165) is 21.5 Å². The Morgan fingerprint density at radius 3 is 2.42 bits per heavy atom. The largest absolute Gasteiger partial charge is 0.301 e. The van der Waals surface area contributed by atoms with Gasteiger partial charge < -0.3 is 10.6 Å². The first-order valence-electron chi connectivity index (χ1n) is 9.54. The molecule has 0 saturated heterocycles. The fraction of sp³-hybridized carbons (Fsp3) is 0.182. The Morgan fingerprint density at radius 2 is 1.68 bits per heavy atom. The van der Waals surface area contributed by atoms with Crippen LogP contribution in [0.15, 0.2) is 47.8 Å². The molecular weight excluding hydrogens is 448 g/mol. The van der Waals surface area contributed by atoms with E-state index in [2.05, 4.69) is 46.6 Å². The average molecular weight is 469 g/mol. The molecule has 4 aromatic rings. The van der Waals surface area contributed by atoms with Gasteiger partial charge in [0.2, 0.25) is 11.8 Å². The van der Waals surface area contributed by atoms with Crippen LogP contribution in [-0.2, 0) is 9.59 Å². The van der Waals surface area contributed by atoms with E-state index < -0.39 is 0 Å². The number of anilines is 2. The van der Waals surface area contributed by atoms with Gasteiger partial charge in [0.05, 0.1) is 27.4 Å². The average Bonchev–Trinajstić information content (AvgIpc) is 3.36. The summed E-state index contributed by atoms with van der Waals surface area (Å²) < 4.78 is 1.02. The van der Waals surface area contributed by atoms with Gasteiger partial charge in [-0.25, -0.2) is 9.97 Å². The molecule has 9 heteroatoms. The van der Waals surface area contributed by atoms with E-state index in [1.54, 1.807) is 0 Å². The number of thiazole rings is 2. The van der Waals surface area contributed by atoms with Gasteiger partial charge in [-0.2, -0.15) is 0 Å². The van der Waals surface area contributed by atoms with Crippen LogP contribution in [0.3, 0.4) is 0 Å². The molecule has 0 bridgehead atoms. The number of nitrogens with one attached hydrogen (secondary N) is 2. The van der Waals surface area contributed by atoms with Gasteiger partial charge in [-0.05, 0) is 43.2 Å². The Morgan fingerprint density at radius 1 is 0.935 bits per heavy atom. The van der Waals surface area contributed by atoms with Gasteiger partial charge in [-0.1, -0.05) is 35.6 Å². The molecule has 0 spiro atoms. The number of amides is 2. The zero-order valence-electron chi connectivity index (χ0n) is 17.0. The molecule has 2 aromatic heterocycles. The lowest BCUT2D eigenvalue weighted by Crippen LogP contribution is -2.18. The highest BCUT2D eigenvalue weighted by molar-refractivity contribution is 8.00. The number of rotatable bonds is 7. The first kappa shape index (κ1) is 21.5. The molecule has 31 heavy (non-hydrogen) atoms. The van der Waals surface area contributed by atoms with Crippen molar-refractivity contribution in [1.29, 1.82) is 0 Å². The second-order valence-corrected chi connectivity index (χ2v) is 9.79. The van der Waals surface area contributed by atoms with Gasteiger partial charge in [0.1, 0.15) is 0 Å². The number of hydrogen-bond acceptors (Lipinski definition) is 7. The monoisotopic (exact) mass is 468 g/mol. The minimum atomic E-state index is -0.182. The maximum Gasteiger partial charge on any atom is 0.236 e. The van der Waals surface area contributed by atoms with Crippen molar-refractivity contribution in [2.24, 2.45) is 0 Å². The topological polar surface area (TPSA) is 84.0 Å². The Hall–Kier alpha value is -2.75. The van der Waals surface area contributed by atoms with Crippen molar-refractivity contribution < 1.29 is 9.59 Å². The number of carbonyl (C=O) groups is 2. The molecular formula is C22H20N4O2S3. The first-order valence-corrected chi connectivity index (χ1v) is 12.4. The zero-order chi connectivity index (χ0) is 21.8. The number of para-hydroxylation sites is 1. The van der Waals surface area contributed by atoms with Gasteiger partial charge in [-0.15, -0.1) is 23.1 Å². The van der Waals surface area contributed by atoms with Crippen molar-refractivity contribution in [3.05, 3.63) is 59.0 Å². The third-order valence-electron chi connectivity index (χ3n) is 4.56. The Labute approximate surface area is 192 Å². The van der Waals surface area contributed by atoms with Crippen molar-refractivity contribution >= 4 is 66.7 Å². The van der Waals surface area contributed by atoms with Crippen molar-refractivity contribution in [3.8, 4) is 11.3 Å². The van der Waals surface area contributed by atoms with E-state index in [-0.39, 0.29) is 23.3 Å². The van der Waals surface area contributed by atoms with Crippen LogP contribution in [0.1, 0.15) is 11.1 Å². The maximum atomic E-state index is 12.2. The SMILES string of the molecule is Cc1ccc(-c2csc(NC(=O)CSCC(=O)Nc3nc4ccccc4s3)n2)cc1C. The number of thioether (sulfide) groups is 1. The molecule has 0 aliphatic rings. The molecule has 0 aliphatic heterocycles. The molecule has 0 fully saturated rings. The minimum absolute atomic E-state index is 0.172. The highest BCUT2D eigenvalue weighted by atomic mass is 32.2. The van der Waals surface area contributed by atoms with Gasteiger partial charge in [-0.3, -0.25) is 9.59 Å². The van der Waals surface area contributed by atoms with E-state index >= 15 is 0 Å². The van der Waals surface area contributed by atoms with Crippen LogP contribution in [0.4, 0.5) is 10.3 Å². The van der Waals surface area contributed by atoms with E-state index in [4.69, 9.17) is 0 Å². The molecule has 6 nitrogen and oxygen atoms in total. The molecule has 2 N–H and O–H groups in total.